The third-order valence-corrected chi connectivity index (χ3v) is 4.80. The van der Waals surface area contributed by atoms with Crippen molar-refractivity contribution < 1.29 is 4.74 Å². The van der Waals surface area contributed by atoms with Crippen molar-refractivity contribution in [2.45, 2.75) is 59.1 Å². The van der Waals surface area contributed by atoms with Crippen molar-refractivity contribution in [3.05, 3.63) is 63.6 Å². The van der Waals surface area contributed by atoms with Gasteiger partial charge in [-0.3, -0.25) is 0 Å². The molecular formula is C22H30BrNO. The Labute approximate surface area is 161 Å². The number of ether oxygens (including phenoxy) is 1. The van der Waals surface area contributed by atoms with Gasteiger partial charge in [0.1, 0.15) is 12.4 Å². The van der Waals surface area contributed by atoms with Crippen LogP contribution in [0.5, 0.6) is 5.75 Å². The SMILES string of the molecule is CCCCCCCNCc1cc(Br)ccc1OCc1ccc(C)cc1. The van der Waals surface area contributed by atoms with Gasteiger partial charge in [0.2, 0.25) is 0 Å². The van der Waals surface area contributed by atoms with E-state index in [4.69, 9.17) is 4.74 Å². The van der Waals surface area contributed by atoms with E-state index in [1.54, 1.807) is 0 Å². The summed E-state index contributed by atoms with van der Waals surface area (Å²) in [7, 11) is 0. The summed E-state index contributed by atoms with van der Waals surface area (Å²) in [6, 6.07) is 14.7. The molecule has 136 valence electrons. The van der Waals surface area contributed by atoms with Crippen molar-refractivity contribution in [1.82, 2.24) is 5.32 Å². The summed E-state index contributed by atoms with van der Waals surface area (Å²) in [6.07, 6.45) is 6.55. The molecule has 2 aromatic carbocycles. The fourth-order valence-electron chi connectivity index (χ4n) is 2.75. The van der Waals surface area contributed by atoms with Crippen LogP contribution in [0.25, 0.3) is 0 Å². The summed E-state index contributed by atoms with van der Waals surface area (Å²) in [5.41, 5.74) is 3.68. The molecule has 25 heavy (non-hydrogen) atoms. The van der Waals surface area contributed by atoms with E-state index in [2.05, 4.69) is 71.5 Å². The molecule has 0 aliphatic carbocycles. The fraction of sp³-hybridized carbons (Fsp3) is 0.455. The van der Waals surface area contributed by atoms with Crippen LogP contribution in [-0.2, 0) is 13.2 Å². The predicted octanol–water partition coefficient (Wildman–Crippen LogP) is 6.40. The Hall–Kier alpha value is -1.32. The Morgan fingerprint density at radius 2 is 1.72 bits per heavy atom. The lowest BCUT2D eigenvalue weighted by Gasteiger charge is -2.13. The van der Waals surface area contributed by atoms with Crippen LogP contribution in [0.15, 0.2) is 46.9 Å². The zero-order chi connectivity index (χ0) is 17.9. The summed E-state index contributed by atoms with van der Waals surface area (Å²) >= 11 is 3.57. The number of aryl methyl sites for hydroxylation is 1. The zero-order valence-electron chi connectivity index (χ0n) is 15.5. The first-order chi connectivity index (χ1) is 12.2. The van der Waals surface area contributed by atoms with Crippen molar-refractivity contribution in [2.24, 2.45) is 0 Å². The van der Waals surface area contributed by atoms with Gasteiger partial charge >= 0.3 is 0 Å². The molecule has 3 heteroatoms. The molecule has 1 N–H and O–H groups in total. The van der Waals surface area contributed by atoms with Gasteiger partial charge in [-0.2, -0.15) is 0 Å². The van der Waals surface area contributed by atoms with E-state index in [9.17, 15) is 0 Å². The number of rotatable bonds is 11. The molecule has 0 radical (unpaired) electrons. The average Bonchev–Trinajstić information content (AvgIpc) is 2.61. The molecule has 2 rings (SSSR count). The minimum atomic E-state index is 0.603. The van der Waals surface area contributed by atoms with E-state index < -0.39 is 0 Å². The summed E-state index contributed by atoms with van der Waals surface area (Å²) in [4.78, 5) is 0. The molecule has 0 aliphatic rings. The van der Waals surface area contributed by atoms with E-state index >= 15 is 0 Å². The fourth-order valence-corrected chi connectivity index (χ4v) is 3.16. The van der Waals surface area contributed by atoms with E-state index in [1.807, 2.05) is 6.07 Å². The van der Waals surface area contributed by atoms with Crippen LogP contribution in [-0.4, -0.2) is 6.54 Å². The molecule has 0 amide bonds. The van der Waals surface area contributed by atoms with Crippen LogP contribution in [0.4, 0.5) is 0 Å². The van der Waals surface area contributed by atoms with Gasteiger partial charge in [0.15, 0.2) is 0 Å². The van der Waals surface area contributed by atoms with Gasteiger partial charge in [-0.25, -0.2) is 0 Å². The third-order valence-electron chi connectivity index (χ3n) is 4.31. The molecule has 0 fully saturated rings. The Morgan fingerprint density at radius 3 is 2.48 bits per heavy atom. The zero-order valence-corrected chi connectivity index (χ0v) is 17.1. The van der Waals surface area contributed by atoms with Crippen LogP contribution in [0.1, 0.15) is 55.7 Å². The maximum absolute atomic E-state index is 6.07. The van der Waals surface area contributed by atoms with Crippen LogP contribution >= 0.6 is 15.9 Å². The number of benzene rings is 2. The Bertz CT molecular complexity index is 624. The number of hydrogen-bond acceptors (Lipinski definition) is 2. The van der Waals surface area contributed by atoms with Crippen molar-refractivity contribution >= 4 is 15.9 Å². The minimum absolute atomic E-state index is 0.603. The van der Waals surface area contributed by atoms with Crippen LogP contribution < -0.4 is 10.1 Å². The Balaban J connectivity index is 1.83. The summed E-state index contributed by atoms with van der Waals surface area (Å²) in [5.74, 6) is 0.960. The lowest BCUT2D eigenvalue weighted by molar-refractivity contribution is 0.302. The third kappa shape index (κ3) is 7.62. The molecule has 2 aromatic rings. The van der Waals surface area contributed by atoms with Crippen molar-refractivity contribution in [1.29, 1.82) is 0 Å². The molecule has 0 saturated heterocycles. The highest BCUT2D eigenvalue weighted by molar-refractivity contribution is 9.10. The normalized spacial score (nSPS) is 10.8. The maximum Gasteiger partial charge on any atom is 0.124 e. The van der Waals surface area contributed by atoms with Gasteiger partial charge in [0.25, 0.3) is 0 Å². The van der Waals surface area contributed by atoms with Gasteiger partial charge in [-0.1, -0.05) is 78.4 Å². The molecule has 0 heterocycles. The van der Waals surface area contributed by atoms with E-state index in [0.717, 1.165) is 23.3 Å². The smallest absolute Gasteiger partial charge is 0.124 e. The Morgan fingerprint density at radius 1 is 0.960 bits per heavy atom. The molecule has 0 saturated carbocycles. The maximum atomic E-state index is 6.07. The van der Waals surface area contributed by atoms with Crippen LogP contribution in [0.3, 0.4) is 0 Å². The minimum Gasteiger partial charge on any atom is -0.489 e. The van der Waals surface area contributed by atoms with E-state index in [0.29, 0.717) is 6.61 Å². The molecule has 0 aromatic heterocycles. The lowest BCUT2D eigenvalue weighted by Crippen LogP contribution is -2.15. The topological polar surface area (TPSA) is 21.3 Å². The second kappa shape index (κ2) is 11.3. The highest BCUT2D eigenvalue weighted by Gasteiger charge is 2.05. The predicted molar refractivity (Wildman–Crippen MR) is 110 cm³/mol. The van der Waals surface area contributed by atoms with Gasteiger partial charge in [0, 0.05) is 16.6 Å². The first kappa shape index (κ1) is 20.0. The van der Waals surface area contributed by atoms with Crippen molar-refractivity contribution in [3.63, 3.8) is 0 Å². The molecular weight excluding hydrogens is 374 g/mol. The second-order valence-corrected chi connectivity index (χ2v) is 7.53. The van der Waals surface area contributed by atoms with Gasteiger partial charge in [-0.05, 0) is 43.7 Å². The lowest BCUT2D eigenvalue weighted by atomic mass is 10.1. The van der Waals surface area contributed by atoms with Crippen LogP contribution in [0, 0.1) is 6.92 Å². The van der Waals surface area contributed by atoms with E-state index in [1.165, 1.54) is 48.8 Å². The standard InChI is InChI=1S/C22H30BrNO/c1-3-4-5-6-7-14-24-16-20-15-21(23)12-13-22(20)25-17-19-10-8-18(2)9-11-19/h8-13,15,24H,3-7,14,16-17H2,1-2H3. The average molecular weight is 404 g/mol. The quantitative estimate of drug-likeness (QED) is 0.438. The first-order valence-electron chi connectivity index (χ1n) is 9.36. The van der Waals surface area contributed by atoms with Gasteiger partial charge in [-0.15, -0.1) is 0 Å². The number of hydrogen-bond donors (Lipinski definition) is 1. The largest absolute Gasteiger partial charge is 0.489 e. The summed E-state index contributed by atoms with van der Waals surface area (Å²) < 4.78 is 7.16. The van der Waals surface area contributed by atoms with Gasteiger partial charge < -0.3 is 10.1 Å². The molecule has 0 unspecified atom stereocenters. The number of unbranched alkanes of at least 4 members (excludes halogenated alkanes) is 4. The molecule has 0 spiro atoms. The summed E-state index contributed by atoms with van der Waals surface area (Å²) in [6.45, 7) is 6.87. The summed E-state index contributed by atoms with van der Waals surface area (Å²) in [5, 5.41) is 3.55. The first-order valence-corrected chi connectivity index (χ1v) is 10.2. The van der Waals surface area contributed by atoms with Crippen molar-refractivity contribution in [3.8, 4) is 5.75 Å². The van der Waals surface area contributed by atoms with Crippen LogP contribution in [0.2, 0.25) is 0 Å². The second-order valence-electron chi connectivity index (χ2n) is 6.62. The molecule has 0 aliphatic heterocycles. The number of nitrogens with one attached hydrogen (secondary N) is 1. The molecule has 0 atom stereocenters. The van der Waals surface area contributed by atoms with Crippen molar-refractivity contribution in [2.75, 3.05) is 6.54 Å². The van der Waals surface area contributed by atoms with E-state index in [-0.39, 0.29) is 0 Å². The number of halogens is 1. The monoisotopic (exact) mass is 403 g/mol. The highest BCUT2D eigenvalue weighted by Crippen LogP contribution is 2.24. The highest BCUT2D eigenvalue weighted by atomic mass is 79.9. The molecule has 0 bridgehead atoms. The Kier molecular flexibility index (Phi) is 9.06. The molecule has 2 nitrogen and oxygen atoms in total. The van der Waals surface area contributed by atoms with Gasteiger partial charge in [0.05, 0.1) is 0 Å².